The molecule has 6 heteroatoms. The van der Waals surface area contributed by atoms with Crippen LogP contribution in [0.3, 0.4) is 0 Å². The van der Waals surface area contributed by atoms with Crippen molar-refractivity contribution in [2.75, 3.05) is 29.4 Å². The number of benzene rings is 1. The predicted octanol–water partition coefficient (Wildman–Crippen LogP) is 3.72. The number of hydrogen-bond donors (Lipinski definition) is 1. The Morgan fingerprint density at radius 1 is 1.15 bits per heavy atom. The first kappa shape index (κ1) is 17.7. The number of anilines is 2. The molecule has 2 heterocycles. The van der Waals surface area contributed by atoms with Crippen LogP contribution in [0.5, 0.6) is 0 Å². The molecule has 5 nitrogen and oxygen atoms in total. The van der Waals surface area contributed by atoms with Gasteiger partial charge in [0, 0.05) is 36.8 Å². The lowest BCUT2D eigenvalue weighted by molar-refractivity contribution is -0.146. The number of carboxylic acids is 1. The molecule has 0 radical (unpaired) electrons. The van der Waals surface area contributed by atoms with Gasteiger partial charge in [-0.05, 0) is 62.1 Å². The molecule has 0 bridgehead atoms. The minimum absolute atomic E-state index is 0.136. The van der Waals surface area contributed by atoms with Crippen LogP contribution >= 0.6 is 11.6 Å². The van der Waals surface area contributed by atoms with Crippen LogP contribution in [0, 0.1) is 11.8 Å². The zero-order valence-corrected chi connectivity index (χ0v) is 15.7. The summed E-state index contributed by atoms with van der Waals surface area (Å²) in [5, 5.41) is 9.73. The number of fused-ring (bicyclic) bond motifs is 1. The molecule has 1 aromatic rings. The average molecular weight is 377 g/mol. The third-order valence-electron chi connectivity index (χ3n) is 6.16. The summed E-state index contributed by atoms with van der Waals surface area (Å²) in [6.07, 6.45) is 5.92. The van der Waals surface area contributed by atoms with Crippen molar-refractivity contribution in [2.24, 2.45) is 11.8 Å². The highest BCUT2D eigenvalue weighted by atomic mass is 35.5. The molecule has 2 fully saturated rings. The SMILES string of the molecule is O=C(O)C1CC(CCC(=O)N2CCc3c(Cl)cc(N4CCCC4)cc32)C1. The van der Waals surface area contributed by atoms with Gasteiger partial charge in [0.15, 0.2) is 0 Å². The molecule has 1 amide bonds. The second kappa shape index (κ2) is 7.10. The van der Waals surface area contributed by atoms with E-state index in [-0.39, 0.29) is 11.8 Å². The van der Waals surface area contributed by atoms with E-state index in [1.165, 1.54) is 12.8 Å². The third kappa shape index (κ3) is 3.29. The fourth-order valence-electron chi connectivity index (χ4n) is 4.49. The van der Waals surface area contributed by atoms with Crippen LogP contribution in [0.1, 0.15) is 44.1 Å². The fraction of sp³-hybridized carbons (Fsp3) is 0.600. The number of carbonyl (C=O) groups excluding carboxylic acids is 1. The van der Waals surface area contributed by atoms with Crippen molar-refractivity contribution in [3.05, 3.63) is 22.7 Å². The van der Waals surface area contributed by atoms with Gasteiger partial charge in [0.25, 0.3) is 0 Å². The van der Waals surface area contributed by atoms with Gasteiger partial charge < -0.3 is 14.9 Å². The van der Waals surface area contributed by atoms with E-state index in [1.807, 2.05) is 11.0 Å². The standard InChI is InChI=1S/C20H25ClN2O3/c21-17-11-15(22-6-1-2-7-22)12-18-16(17)5-8-23(18)19(24)4-3-13-9-14(10-13)20(25)26/h11-14H,1-10H2,(H,25,26). The number of aliphatic carboxylic acids is 1. The number of carbonyl (C=O) groups is 2. The zero-order chi connectivity index (χ0) is 18.3. The van der Waals surface area contributed by atoms with Crippen LogP contribution in [0.25, 0.3) is 0 Å². The van der Waals surface area contributed by atoms with E-state index in [4.69, 9.17) is 16.7 Å². The number of carboxylic acid groups (broad SMARTS) is 1. The first-order valence-electron chi connectivity index (χ1n) is 9.63. The monoisotopic (exact) mass is 376 g/mol. The molecule has 1 saturated carbocycles. The molecule has 1 aromatic carbocycles. The van der Waals surface area contributed by atoms with Gasteiger partial charge in [0.05, 0.1) is 11.6 Å². The number of nitrogens with zero attached hydrogens (tertiary/aromatic N) is 2. The van der Waals surface area contributed by atoms with E-state index >= 15 is 0 Å². The predicted molar refractivity (Wildman–Crippen MR) is 102 cm³/mol. The maximum Gasteiger partial charge on any atom is 0.306 e. The Balaban J connectivity index is 1.41. The smallest absolute Gasteiger partial charge is 0.306 e. The molecule has 4 rings (SSSR count). The summed E-state index contributed by atoms with van der Waals surface area (Å²) in [4.78, 5) is 27.9. The fourth-order valence-corrected chi connectivity index (χ4v) is 4.80. The Kier molecular flexibility index (Phi) is 4.82. The van der Waals surface area contributed by atoms with E-state index in [9.17, 15) is 9.59 Å². The normalized spacial score (nSPS) is 24.5. The van der Waals surface area contributed by atoms with Crippen LogP contribution < -0.4 is 9.80 Å². The molecular formula is C20H25ClN2O3. The Hall–Kier alpha value is -1.75. The maximum atomic E-state index is 12.8. The first-order valence-corrected chi connectivity index (χ1v) is 10.0. The molecule has 1 saturated heterocycles. The summed E-state index contributed by atoms with van der Waals surface area (Å²) >= 11 is 6.51. The van der Waals surface area contributed by atoms with Gasteiger partial charge in [0.2, 0.25) is 5.91 Å². The van der Waals surface area contributed by atoms with Crippen molar-refractivity contribution in [2.45, 2.75) is 44.9 Å². The van der Waals surface area contributed by atoms with Gasteiger partial charge in [-0.25, -0.2) is 0 Å². The second-order valence-corrected chi connectivity index (χ2v) is 8.23. The van der Waals surface area contributed by atoms with Gasteiger partial charge in [-0.1, -0.05) is 11.6 Å². The van der Waals surface area contributed by atoms with E-state index in [0.717, 1.165) is 47.9 Å². The summed E-state index contributed by atoms with van der Waals surface area (Å²) < 4.78 is 0. The molecule has 0 aromatic heterocycles. The van der Waals surface area contributed by atoms with Crippen LogP contribution in [0.2, 0.25) is 5.02 Å². The molecule has 140 valence electrons. The third-order valence-corrected chi connectivity index (χ3v) is 6.49. The van der Waals surface area contributed by atoms with Crippen molar-refractivity contribution in [1.82, 2.24) is 0 Å². The molecular weight excluding hydrogens is 352 g/mol. The highest BCUT2D eigenvalue weighted by Crippen LogP contribution is 2.40. The zero-order valence-electron chi connectivity index (χ0n) is 14.9. The van der Waals surface area contributed by atoms with E-state index < -0.39 is 5.97 Å². The molecule has 26 heavy (non-hydrogen) atoms. The second-order valence-electron chi connectivity index (χ2n) is 7.83. The lowest BCUT2D eigenvalue weighted by atomic mass is 9.73. The Bertz CT molecular complexity index is 724. The minimum Gasteiger partial charge on any atom is -0.481 e. The summed E-state index contributed by atoms with van der Waals surface area (Å²) in [5.41, 5.74) is 3.17. The van der Waals surface area contributed by atoms with Crippen molar-refractivity contribution >= 4 is 34.9 Å². The first-order chi connectivity index (χ1) is 12.5. The van der Waals surface area contributed by atoms with Crippen LogP contribution in [-0.4, -0.2) is 36.6 Å². The van der Waals surface area contributed by atoms with E-state index in [0.29, 0.717) is 31.7 Å². The van der Waals surface area contributed by atoms with Crippen LogP contribution in [0.4, 0.5) is 11.4 Å². The Labute approximate surface area is 158 Å². The molecule has 0 unspecified atom stereocenters. The molecule has 1 N–H and O–H groups in total. The highest BCUT2D eigenvalue weighted by molar-refractivity contribution is 6.32. The molecule has 2 aliphatic heterocycles. The quantitative estimate of drug-likeness (QED) is 0.850. The number of amides is 1. The van der Waals surface area contributed by atoms with E-state index in [1.54, 1.807) is 0 Å². The van der Waals surface area contributed by atoms with Gasteiger partial charge in [0.1, 0.15) is 0 Å². The van der Waals surface area contributed by atoms with Gasteiger partial charge in [-0.3, -0.25) is 9.59 Å². The number of rotatable bonds is 5. The lowest BCUT2D eigenvalue weighted by Crippen LogP contribution is -2.33. The molecule has 1 aliphatic carbocycles. The van der Waals surface area contributed by atoms with Gasteiger partial charge in [-0.15, -0.1) is 0 Å². The summed E-state index contributed by atoms with van der Waals surface area (Å²) in [6, 6.07) is 4.17. The molecule has 0 spiro atoms. The van der Waals surface area contributed by atoms with Gasteiger partial charge in [-0.2, -0.15) is 0 Å². The van der Waals surface area contributed by atoms with E-state index in [2.05, 4.69) is 11.0 Å². The largest absolute Gasteiger partial charge is 0.481 e. The summed E-state index contributed by atoms with van der Waals surface area (Å²) in [6.45, 7) is 2.80. The Morgan fingerprint density at radius 3 is 2.58 bits per heavy atom. The summed E-state index contributed by atoms with van der Waals surface area (Å²) in [7, 11) is 0. The van der Waals surface area contributed by atoms with Crippen molar-refractivity contribution in [1.29, 1.82) is 0 Å². The van der Waals surface area contributed by atoms with Crippen LogP contribution in [0.15, 0.2) is 12.1 Å². The average Bonchev–Trinajstić information content (AvgIpc) is 3.22. The molecule has 3 aliphatic rings. The van der Waals surface area contributed by atoms with Crippen molar-refractivity contribution in [3.63, 3.8) is 0 Å². The highest BCUT2D eigenvalue weighted by Gasteiger charge is 2.35. The lowest BCUT2D eigenvalue weighted by Gasteiger charge is -2.32. The van der Waals surface area contributed by atoms with Crippen molar-refractivity contribution in [3.8, 4) is 0 Å². The topological polar surface area (TPSA) is 60.9 Å². The Morgan fingerprint density at radius 2 is 1.88 bits per heavy atom. The number of hydrogen-bond acceptors (Lipinski definition) is 3. The maximum absolute atomic E-state index is 12.8. The van der Waals surface area contributed by atoms with Crippen molar-refractivity contribution < 1.29 is 14.7 Å². The number of halogens is 1. The molecule has 0 atom stereocenters. The van der Waals surface area contributed by atoms with Gasteiger partial charge >= 0.3 is 5.97 Å². The van der Waals surface area contributed by atoms with Crippen LogP contribution in [-0.2, 0) is 16.0 Å². The summed E-state index contributed by atoms with van der Waals surface area (Å²) in [5.74, 6) is -0.395. The minimum atomic E-state index is -0.704.